The van der Waals surface area contributed by atoms with Gasteiger partial charge < -0.3 is 10.1 Å². The summed E-state index contributed by atoms with van der Waals surface area (Å²) in [7, 11) is 0. The van der Waals surface area contributed by atoms with Gasteiger partial charge >= 0.3 is 5.69 Å². The molecule has 1 amide bonds. The van der Waals surface area contributed by atoms with E-state index in [0.29, 0.717) is 18.0 Å². The lowest BCUT2D eigenvalue weighted by molar-refractivity contribution is -0.385. The summed E-state index contributed by atoms with van der Waals surface area (Å²) in [5.74, 6) is 0.289. The van der Waals surface area contributed by atoms with Crippen molar-refractivity contribution in [2.75, 3.05) is 11.9 Å². The molecule has 130 valence electrons. The van der Waals surface area contributed by atoms with Gasteiger partial charge in [-0.25, -0.2) is 4.98 Å². The maximum atomic E-state index is 11.9. The number of anilines is 1. The molecule has 0 spiro atoms. The number of nitro benzene ring substituents is 1. The Hall–Kier alpha value is -3.22. The molecule has 0 saturated heterocycles. The highest BCUT2D eigenvalue weighted by molar-refractivity contribution is 6.01. The van der Waals surface area contributed by atoms with Crippen LogP contribution in [0.1, 0.15) is 24.5 Å². The van der Waals surface area contributed by atoms with Gasteiger partial charge in [-0.05, 0) is 42.7 Å². The van der Waals surface area contributed by atoms with E-state index in [9.17, 15) is 14.9 Å². The molecule has 0 unspecified atom stereocenters. The fourth-order valence-electron chi connectivity index (χ4n) is 2.00. The Labute approximate surface area is 145 Å². The van der Waals surface area contributed by atoms with Crippen LogP contribution in [0.25, 0.3) is 6.08 Å². The number of hydrogen-bond acceptors (Lipinski definition) is 5. The molecule has 0 atom stereocenters. The van der Waals surface area contributed by atoms with Crippen molar-refractivity contribution in [1.29, 1.82) is 0 Å². The Morgan fingerprint density at radius 1 is 1.36 bits per heavy atom. The molecule has 0 saturated carbocycles. The van der Waals surface area contributed by atoms with Gasteiger partial charge in [0.2, 0.25) is 5.91 Å². The minimum Gasteiger partial charge on any atom is -0.487 e. The first-order valence-electron chi connectivity index (χ1n) is 7.82. The van der Waals surface area contributed by atoms with E-state index >= 15 is 0 Å². The van der Waals surface area contributed by atoms with Crippen LogP contribution in [0.5, 0.6) is 5.75 Å². The lowest BCUT2D eigenvalue weighted by Crippen LogP contribution is -2.09. The number of nitrogens with one attached hydrogen (secondary N) is 1. The zero-order chi connectivity index (χ0) is 18.2. The molecule has 25 heavy (non-hydrogen) atoms. The summed E-state index contributed by atoms with van der Waals surface area (Å²) in [4.78, 5) is 26.6. The minimum absolute atomic E-state index is 0.129. The summed E-state index contributed by atoms with van der Waals surface area (Å²) >= 11 is 0. The van der Waals surface area contributed by atoms with Gasteiger partial charge in [0.1, 0.15) is 5.82 Å². The summed E-state index contributed by atoms with van der Waals surface area (Å²) < 4.78 is 5.36. The Bertz CT molecular complexity index is 785. The summed E-state index contributed by atoms with van der Waals surface area (Å²) in [6.45, 7) is 4.23. The summed E-state index contributed by atoms with van der Waals surface area (Å²) in [5, 5.41) is 13.8. The van der Waals surface area contributed by atoms with Gasteiger partial charge in [0.15, 0.2) is 5.75 Å². The van der Waals surface area contributed by atoms with Crippen molar-refractivity contribution in [3.05, 3.63) is 63.8 Å². The zero-order valence-corrected chi connectivity index (χ0v) is 14.1. The van der Waals surface area contributed by atoms with Gasteiger partial charge in [-0.2, -0.15) is 0 Å². The smallest absolute Gasteiger partial charge is 0.311 e. The van der Waals surface area contributed by atoms with Crippen LogP contribution < -0.4 is 10.1 Å². The van der Waals surface area contributed by atoms with Crippen LogP contribution in [0.15, 0.2) is 42.6 Å². The molecule has 7 heteroatoms. The number of pyridine rings is 1. The van der Waals surface area contributed by atoms with Gasteiger partial charge in [-0.15, -0.1) is 0 Å². The highest BCUT2D eigenvalue weighted by Gasteiger charge is 2.15. The zero-order valence-electron chi connectivity index (χ0n) is 14.1. The number of ether oxygens (including phenoxy) is 1. The number of carbonyl (C=O) groups is 1. The van der Waals surface area contributed by atoms with Gasteiger partial charge in [0.05, 0.1) is 11.5 Å². The van der Waals surface area contributed by atoms with Crippen molar-refractivity contribution >= 4 is 23.5 Å². The summed E-state index contributed by atoms with van der Waals surface area (Å²) in [6, 6.07) is 8.11. The van der Waals surface area contributed by atoms with Gasteiger partial charge in [0.25, 0.3) is 0 Å². The quantitative estimate of drug-likeness (QED) is 0.470. The van der Waals surface area contributed by atoms with E-state index in [4.69, 9.17) is 4.74 Å². The van der Waals surface area contributed by atoms with E-state index < -0.39 is 4.92 Å². The number of benzene rings is 1. The predicted molar refractivity (Wildman–Crippen MR) is 95.5 cm³/mol. The van der Waals surface area contributed by atoms with E-state index in [2.05, 4.69) is 10.3 Å². The maximum Gasteiger partial charge on any atom is 0.311 e. The van der Waals surface area contributed by atoms with E-state index in [1.807, 2.05) is 19.9 Å². The first-order chi connectivity index (χ1) is 12.0. The average molecular weight is 341 g/mol. The third kappa shape index (κ3) is 5.42. The maximum absolute atomic E-state index is 11.9. The third-order valence-corrected chi connectivity index (χ3v) is 3.23. The largest absolute Gasteiger partial charge is 0.487 e. The van der Waals surface area contributed by atoms with E-state index in [1.165, 1.54) is 24.3 Å². The fraction of sp³-hybridized carbons (Fsp3) is 0.222. The molecule has 7 nitrogen and oxygen atoms in total. The number of carbonyl (C=O) groups excluding carboxylic acids is 1. The van der Waals surface area contributed by atoms with Crippen molar-refractivity contribution in [3.63, 3.8) is 0 Å². The molecule has 1 aromatic heterocycles. The highest BCUT2D eigenvalue weighted by atomic mass is 16.6. The molecule has 1 aromatic carbocycles. The molecule has 2 rings (SSSR count). The van der Waals surface area contributed by atoms with Crippen LogP contribution in [0.3, 0.4) is 0 Å². The second-order valence-electron chi connectivity index (χ2n) is 5.38. The van der Waals surface area contributed by atoms with Crippen LogP contribution in [0, 0.1) is 17.0 Å². The topological polar surface area (TPSA) is 94.4 Å². The standard InChI is InChI=1S/C18H19N3O4/c1-3-10-25-16-7-5-14(11-15(16)21(23)24)6-9-18(22)20-17-8-4-13(2)12-19-17/h4-9,11-12H,3,10H2,1-2H3,(H,19,20,22)/b9-6+. The van der Waals surface area contributed by atoms with E-state index in [1.54, 1.807) is 18.3 Å². The lowest BCUT2D eigenvalue weighted by atomic mass is 10.1. The number of rotatable bonds is 7. The molecular formula is C18H19N3O4. The van der Waals surface area contributed by atoms with Gasteiger partial charge in [0, 0.05) is 18.3 Å². The van der Waals surface area contributed by atoms with Crippen LogP contribution in [-0.4, -0.2) is 22.4 Å². The molecule has 0 aliphatic carbocycles. The minimum atomic E-state index is -0.501. The van der Waals surface area contributed by atoms with Gasteiger partial charge in [-0.1, -0.05) is 19.1 Å². The van der Waals surface area contributed by atoms with Crippen molar-refractivity contribution in [3.8, 4) is 5.75 Å². The normalized spacial score (nSPS) is 10.6. The fourth-order valence-corrected chi connectivity index (χ4v) is 2.00. The van der Waals surface area contributed by atoms with Crippen LogP contribution in [-0.2, 0) is 4.79 Å². The van der Waals surface area contributed by atoms with Crippen LogP contribution in [0.4, 0.5) is 11.5 Å². The first-order valence-corrected chi connectivity index (χ1v) is 7.82. The molecule has 0 fully saturated rings. The lowest BCUT2D eigenvalue weighted by Gasteiger charge is -2.06. The molecule has 2 aromatic rings. The van der Waals surface area contributed by atoms with Crippen molar-refractivity contribution in [2.45, 2.75) is 20.3 Å². The first kappa shape index (κ1) is 18.1. The Kier molecular flexibility index (Phi) is 6.22. The average Bonchev–Trinajstić information content (AvgIpc) is 2.60. The Morgan fingerprint density at radius 3 is 2.80 bits per heavy atom. The van der Waals surface area contributed by atoms with Gasteiger partial charge in [-0.3, -0.25) is 14.9 Å². The third-order valence-electron chi connectivity index (χ3n) is 3.23. The molecular weight excluding hydrogens is 322 g/mol. The van der Waals surface area contributed by atoms with E-state index in [-0.39, 0.29) is 17.3 Å². The summed E-state index contributed by atoms with van der Waals surface area (Å²) in [5.41, 5.74) is 1.39. The second kappa shape index (κ2) is 8.58. The Morgan fingerprint density at radius 2 is 2.16 bits per heavy atom. The second-order valence-corrected chi connectivity index (χ2v) is 5.38. The predicted octanol–water partition coefficient (Wildman–Crippen LogP) is 3.74. The molecule has 0 bridgehead atoms. The highest BCUT2D eigenvalue weighted by Crippen LogP contribution is 2.28. The van der Waals surface area contributed by atoms with Crippen molar-refractivity contribution in [1.82, 2.24) is 4.98 Å². The number of nitro groups is 1. The summed E-state index contributed by atoms with van der Waals surface area (Å²) in [6.07, 6.45) is 5.21. The molecule has 0 radical (unpaired) electrons. The number of aromatic nitrogens is 1. The van der Waals surface area contributed by atoms with Crippen LogP contribution >= 0.6 is 0 Å². The molecule has 1 heterocycles. The monoisotopic (exact) mass is 341 g/mol. The number of hydrogen-bond donors (Lipinski definition) is 1. The number of nitrogens with zero attached hydrogens (tertiary/aromatic N) is 2. The number of amides is 1. The molecule has 1 N–H and O–H groups in total. The SMILES string of the molecule is CCCOc1ccc(/C=C/C(=O)Nc2ccc(C)cn2)cc1[N+](=O)[O-]. The molecule has 0 aliphatic rings. The molecule has 0 aliphatic heterocycles. The van der Waals surface area contributed by atoms with Crippen LogP contribution in [0.2, 0.25) is 0 Å². The van der Waals surface area contributed by atoms with E-state index in [0.717, 1.165) is 12.0 Å². The van der Waals surface area contributed by atoms with Crippen molar-refractivity contribution in [2.24, 2.45) is 0 Å². The Balaban J connectivity index is 2.09. The number of aryl methyl sites for hydroxylation is 1. The van der Waals surface area contributed by atoms with Crippen molar-refractivity contribution < 1.29 is 14.5 Å².